The van der Waals surface area contributed by atoms with Crippen molar-refractivity contribution in [2.45, 2.75) is 31.7 Å². The number of carboxylic acids is 2. The lowest BCUT2D eigenvalue weighted by molar-refractivity contribution is -0.193. The Bertz CT molecular complexity index is 1580. The minimum Gasteiger partial charge on any atom is -0.490 e. The normalized spacial score (nSPS) is 12.0. The summed E-state index contributed by atoms with van der Waals surface area (Å²) in [5.41, 5.74) is 9.66. The van der Waals surface area contributed by atoms with Gasteiger partial charge in [0.1, 0.15) is 12.4 Å². The van der Waals surface area contributed by atoms with Crippen LogP contribution in [0.4, 0.5) is 39.5 Å². The molecular formula is C26H21F9N4O5. The number of rotatable bonds is 6. The number of hydrogen-bond acceptors (Lipinski definition) is 6. The second kappa shape index (κ2) is 14.5. The second-order valence-corrected chi connectivity index (χ2v) is 8.71. The van der Waals surface area contributed by atoms with Crippen LogP contribution in [0.1, 0.15) is 11.3 Å². The Labute approximate surface area is 241 Å². The Balaban J connectivity index is 0.000000402. The van der Waals surface area contributed by atoms with Crippen LogP contribution in [0.3, 0.4) is 0 Å². The number of hydrogen-bond donors (Lipinski definition) is 4. The van der Waals surface area contributed by atoms with Crippen molar-refractivity contribution in [1.82, 2.24) is 15.2 Å². The number of nitrogens with one attached hydrogen (secondary N) is 1. The SMILES string of the molecule is Cc1[nH]nc2ccc(-c3cncc(OC[C@@H](N)Cc4ccc(F)c(F)c4F)c3)cc12.O=C(O)C(F)(F)F.O=C(O)C(F)(F)F. The number of aliphatic carboxylic acids is 2. The van der Waals surface area contributed by atoms with E-state index in [2.05, 4.69) is 15.2 Å². The van der Waals surface area contributed by atoms with Crippen LogP contribution in [-0.4, -0.2) is 62.3 Å². The van der Waals surface area contributed by atoms with Gasteiger partial charge < -0.3 is 20.7 Å². The Morgan fingerprint density at radius 1 is 0.909 bits per heavy atom. The van der Waals surface area contributed by atoms with Gasteiger partial charge in [0.25, 0.3) is 0 Å². The number of aryl methyl sites for hydroxylation is 1. The van der Waals surface area contributed by atoms with Gasteiger partial charge in [-0.15, -0.1) is 0 Å². The maximum absolute atomic E-state index is 13.8. The number of carboxylic acid groups (broad SMARTS) is 2. The number of benzene rings is 2. The minimum absolute atomic E-state index is 0.000611. The van der Waals surface area contributed by atoms with Crippen LogP contribution in [0.2, 0.25) is 0 Å². The monoisotopic (exact) mass is 640 g/mol. The van der Waals surface area contributed by atoms with Crippen LogP contribution in [0, 0.1) is 24.4 Å². The van der Waals surface area contributed by atoms with Gasteiger partial charge in [-0.1, -0.05) is 12.1 Å². The lowest BCUT2D eigenvalue weighted by atomic mass is 10.0. The summed E-state index contributed by atoms with van der Waals surface area (Å²) in [4.78, 5) is 22.0. The smallest absolute Gasteiger partial charge is 0.490 e. The number of halogens is 9. The van der Waals surface area contributed by atoms with Gasteiger partial charge in [0.2, 0.25) is 0 Å². The fraction of sp³-hybridized carbons (Fsp3) is 0.231. The van der Waals surface area contributed by atoms with Crippen LogP contribution < -0.4 is 10.5 Å². The van der Waals surface area contributed by atoms with E-state index in [1.807, 2.05) is 31.2 Å². The van der Waals surface area contributed by atoms with Crippen molar-refractivity contribution in [3.63, 3.8) is 0 Å². The lowest BCUT2D eigenvalue weighted by Gasteiger charge is -2.14. The molecule has 0 saturated heterocycles. The maximum atomic E-state index is 13.8. The number of pyridine rings is 1. The third-order valence-electron chi connectivity index (χ3n) is 5.34. The van der Waals surface area contributed by atoms with Crippen LogP contribution in [0.5, 0.6) is 5.75 Å². The summed E-state index contributed by atoms with van der Waals surface area (Å²) in [6, 6.07) is 9.17. The van der Waals surface area contributed by atoms with Crippen LogP contribution in [0.25, 0.3) is 22.0 Å². The highest BCUT2D eigenvalue weighted by atomic mass is 19.4. The molecule has 0 amide bonds. The Kier molecular flexibility index (Phi) is 11.7. The van der Waals surface area contributed by atoms with Gasteiger partial charge in [0, 0.05) is 28.9 Å². The summed E-state index contributed by atoms with van der Waals surface area (Å²) >= 11 is 0. The first-order valence-electron chi connectivity index (χ1n) is 11.8. The quantitative estimate of drug-likeness (QED) is 0.158. The number of aromatic nitrogens is 3. The summed E-state index contributed by atoms with van der Waals surface area (Å²) in [5, 5.41) is 22.4. The first-order valence-corrected chi connectivity index (χ1v) is 11.8. The zero-order valence-corrected chi connectivity index (χ0v) is 22.1. The van der Waals surface area contributed by atoms with Crippen LogP contribution >= 0.6 is 0 Å². The molecule has 2 aromatic carbocycles. The number of nitrogens with two attached hydrogens (primary N) is 1. The van der Waals surface area contributed by atoms with E-state index in [1.165, 1.54) is 6.07 Å². The number of nitrogens with zero attached hydrogens (tertiary/aromatic N) is 2. The molecule has 0 saturated carbocycles. The molecule has 0 aliphatic heterocycles. The van der Waals surface area contributed by atoms with Crippen molar-refractivity contribution in [3.05, 3.63) is 77.5 Å². The number of aromatic amines is 1. The van der Waals surface area contributed by atoms with E-state index in [9.17, 15) is 39.5 Å². The number of carbonyl (C=O) groups is 2. The lowest BCUT2D eigenvalue weighted by Crippen LogP contribution is -2.30. The molecule has 0 bridgehead atoms. The molecule has 5 N–H and O–H groups in total. The molecule has 4 aromatic rings. The molecule has 9 nitrogen and oxygen atoms in total. The molecule has 0 radical (unpaired) electrons. The largest absolute Gasteiger partial charge is 0.490 e. The predicted molar refractivity (Wildman–Crippen MR) is 135 cm³/mol. The Morgan fingerprint density at radius 2 is 1.50 bits per heavy atom. The standard InChI is InChI=1S/C22H19F3N4O.2C2HF3O2/c1-12-18-8-13(3-5-20(18)29-28-12)15-7-17(10-27-9-15)30-11-16(26)6-14-2-4-19(23)22(25)21(14)24;2*3-2(4,5)1(6)7/h2-5,7-10,16H,6,11,26H2,1H3,(H,28,29);2*(H,6,7)/t16-;;/m0../s1. The molecule has 0 spiro atoms. The molecule has 238 valence electrons. The van der Waals surface area contributed by atoms with Crippen molar-refractivity contribution < 1.29 is 64.1 Å². The van der Waals surface area contributed by atoms with Crippen LogP contribution in [0.15, 0.2) is 48.8 Å². The van der Waals surface area contributed by atoms with E-state index in [4.69, 9.17) is 30.3 Å². The van der Waals surface area contributed by atoms with Gasteiger partial charge in [-0.2, -0.15) is 31.4 Å². The molecule has 2 aromatic heterocycles. The van der Waals surface area contributed by atoms with Crippen molar-refractivity contribution in [1.29, 1.82) is 0 Å². The highest BCUT2D eigenvalue weighted by Gasteiger charge is 2.38. The van der Waals surface area contributed by atoms with Crippen LogP contribution in [-0.2, 0) is 16.0 Å². The summed E-state index contributed by atoms with van der Waals surface area (Å²) < 4.78 is 109. The van der Waals surface area contributed by atoms with Gasteiger partial charge in [-0.25, -0.2) is 22.8 Å². The van der Waals surface area contributed by atoms with Gasteiger partial charge >= 0.3 is 24.3 Å². The molecule has 1 atom stereocenters. The first-order chi connectivity index (χ1) is 20.3. The topological polar surface area (TPSA) is 151 Å². The number of ether oxygens (including phenoxy) is 1. The van der Waals surface area contributed by atoms with Gasteiger partial charge in [-0.05, 0) is 48.7 Å². The van der Waals surface area contributed by atoms with E-state index in [-0.39, 0.29) is 18.6 Å². The number of fused-ring (bicyclic) bond motifs is 1. The van der Waals surface area contributed by atoms with E-state index in [0.29, 0.717) is 5.75 Å². The Hall–Kier alpha value is -4.87. The molecule has 0 aliphatic carbocycles. The van der Waals surface area contributed by atoms with Crippen molar-refractivity contribution in [2.75, 3.05) is 6.61 Å². The summed E-state index contributed by atoms with van der Waals surface area (Å²) in [5.74, 6) is -8.97. The Morgan fingerprint density at radius 3 is 2.07 bits per heavy atom. The summed E-state index contributed by atoms with van der Waals surface area (Å²) in [6.07, 6.45) is -6.89. The third kappa shape index (κ3) is 10.1. The van der Waals surface area contributed by atoms with E-state index in [1.54, 1.807) is 12.4 Å². The molecule has 18 heteroatoms. The minimum atomic E-state index is -5.08. The average molecular weight is 640 g/mol. The van der Waals surface area contributed by atoms with E-state index in [0.717, 1.165) is 33.8 Å². The third-order valence-corrected chi connectivity index (χ3v) is 5.34. The summed E-state index contributed by atoms with van der Waals surface area (Å²) in [6.45, 7) is 2.01. The molecule has 0 aliphatic rings. The average Bonchev–Trinajstić information content (AvgIpc) is 3.32. The van der Waals surface area contributed by atoms with Gasteiger partial charge in [0.15, 0.2) is 17.5 Å². The zero-order valence-electron chi connectivity index (χ0n) is 22.1. The fourth-order valence-corrected chi connectivity index (χ4v) is 3.24. The predicted octanol–water partition coefficient (Wildman–Crippen LogP) is 5.57. The van der Waals surface area contributed by atoms with Gasteiger partial charge in [0.05, 0.1) is 11.7 Å². The molecule has 0 unspecified atom stereocenters. The van der Waals surface area contributed by atoms with Crippen molar-refractivity contribution >= 4 is 22.8 Å². The van der Waals surface area contributed by atoms with E-state index < -0.39 is 47.8 Å². The van der Waals surface area contributed by atoms with Crippen molar-refractivity contribution in [3.8, 4) is 16.9 Å². The van der Waals surface area contributed by atoms with Gasteiger partial charge in [-0.3, -0.25) is 10.1 Å². The molecule has 2 heterocycles. The molecule has 4 rings (SSSR count). The molecular weight excluding hydrogens is 619 g/mol. The molecule has 0 fully saturated rings. The second-order valence-electron chi connectivity index (χ2n) is 8.71. The summed E-state index contributed by atoms with van der Waals surface area (Å²) in [7, 11) is 0. The number of H-pyrrole nitrogens is 1. The fourth-order valence-electron chi connectivity index (χ4n) is 3.24. The molecule has 44 heavy (non-hydrogen) atoms. The maximum Gasteiger partial charge on any atom is 0.490 e. The zero-order chi connectivity index (χ0) is 33.4. The highest BCUT2D eigenvalue weighted by molar-refractivity contribution is 5.86. The number of alkyl halides is 6. The van der Waals surface area contributed by atoms with E-state index >= 15 is 0 Å². The van der Waals surface area contributed by atoms with Crippen molar-refractivity contribution in [2.24, 2.45) is 5.73 Å². The highest BCUT2D eigenvalue weighted by Crippen LogP contribution is 2.27. The first kappa shape index (κ1) is 35.3.